The van der Waals surface area contributed by atoms with Crippen LogP contribution < -0.4 is 4.90 Å². The summed E-state index contributed by atoms with van der Waals surface area (Å²) in [5, 5.41) is 12.2. The van der Waals surface area contributed by atoms with Crippen molar-refractivity contribution >= 4 is 82.1 Å². The minimum atomic E-state index is 0.877. The van der Waals surface area contributed by atoms with E-state index in [2.05, 4.69) is 169 Å². The molecule has 1 heterocycles. The molecule has 0 spiro atoms. The van der Waals surface area contributed by atoms with E-state index in [1.165, 1.54) is 54.2 Å². The van der Waals surface area contributed by atoms with Gasteiger partial charge in [0.1, 0.15) is 5.58 Å². The van der Waals surface area contributed by atoms with E-state index in [9.17, 15) is 0 Å². The highest BCUT2D eigenvalue weighted by molar-refractivity contribution is 6.12. The Morgan fingerprint density at radius 3 is 1.58 bits per heavy atom. The Bertz CT molecular complexity index is 2840. The number of furan rings is 1. The first kappa shape index (κ1) is 26.8. The fourth-order valence-electron chi connectivity index (χ4n) is 7.45. The molecular weight excluding hydrogens is 583 g/mol. The van der Waals surface area contributed by atoms with E-state index in [0.717, 1.165) is 39.0 Å². The van der Waals surface area contributed by atoms with Crippen molar-refractivity contribution < 1.29 is 4.42 Å². The van der Waals surface area contributed by atoms with Crippen LogP contribution in [0, 0.1) is 0 Å². The van der Waals surface area contributed by atoms with Gasteiger partial charge in [-0.15, -0.1) is 0 Å². The topological polar surface area (TPSA) is 16.4 Å². The normalized spacial score (nSPS) is 11.8. The minimum absolute atomic E-state index is 0.877. The van der Waals surface area contributed by atoms with Gasteiger partial charge in [-0.1, -0.05) is 133 Å². The monoisotopic (exact) mass is 611 g/mol. The van der Waals surface area contributed by atoms with Crippen LogP contribution in [0.15, 0.2) is 180 Å². The first-order chi connectivity index (χ1) is 23.8. The molecule has 0 aliphatic carbocycles. The van der Waals surface area contributed by atoms with Gasteiger partial charge in [-0.25, -0.2) is 0 Å². The molecule has 0 amide bonds. The van der Waals surface area contributed by atoms with Crippen LogP contribution >= 0.6 is 0 Å². The molecule has 0 fully saturated rings. The quantitative estimate of drug-likeness (QED) is 0.184. The summed E-state index contributed by atoms with van der Waals surface area (Å²) in [5.41, 5.74) is 7.31. The Morgan fingerprint density at radius 2 is 0.854 bits per heavy atom. The lowest BCUT2D eigenvalue weighted by atomic mass is 9.97. The van der Waals surface area contributed by atoms with Crippen LogP contribution in [0.4, 0.5) is 17.1 Å². The molecule has 0 unspecified atom stereocenters. The first-order valence-corrected chi connectivity index (χ1v) is 16.4. The zero-order chi connectivity index (χ0) is 31.6. The summed E-state index contributed by atoms with van der Waals surface area (Å²) in [6.45, 7) is 0. The van der Waals surface area contributed by atoms with Crippen LogP contribution in [0.5, 0.6) is 0 Å². The van der Waals surface area contributed by atoms with Gasteiger partial charge >= 0.3 is 0 Å². The molecule has 0 saturated heterocycles. The van der Waals surface area contributed by atoms with Crippen molar-refractivity contribution in [1.29, 1.82) is 0 Å². The van der Waals surface area contributed by atoms with Crippen LogP contribution in [-0.4, -0.2) is 0 Å². The highest BCUT2D eigenvalue weighted by Gasteiger charge is 2.20. The van der Waals surface area contributed by atoms with Gasteiger partial charge in [-0.3, -0.25) is 0 Å². The van der Waals surface area contributed by atoms with Gasteiger partial charge in [0.2, 0.25) is 0 Å². The van der Waals surface area contributed by atoms with E-state index in [4.69, 9.17) is 4.42 Å². The van der Waals surface area contributed by atoms with Crippen LogP contribution in [0.2, 0.25) is 0 Å². The smallest absolute Gasteiger partial charge is 0.159 e. The number of nitrogens with zero attached hydrogens (tertiary/aromatic N) is 1. The third kappa shape index (κ3) is 4.20. The summed E-state index contributed by atoms with van der Waals surface area (Å²) >= 11 is 0. The van der Waals surface area contributed by atoms with Gasteiger partial charge in [-0.2, -0.15) is 0 Å². The van der Waals surface area contributed by atoms with Gasteiger partial charge in [0.15, 0.2) is 5.58 Å². The number of hydrogen-bond donors (Lipinski definition) is 0. The second kappa shape index (κ2) is 10.6. The maximum atomic E-state index is 6.59. The highest BCUT2D eigenvalue weighted by atomic mass is 16.3. The van der Waals surface area contributed by atoms with E-state index >= 15 is 0 Å². The van der Waals surface area contributed by atoms with Crippen molar-refractivity contribution in [3.8, 4) is 11.1 Å². The number of para-hydroxylation sites is 2. The molecule has 2 nitrogen and oxygen atoms in total. The van der Waals surface area contributed by atoms with Crippen LogP contribution in [0.25, 0.3) is 76.2 Å². The molecule has 1 aromatic heterocycles. The van der Waals surface area contributed by atoms with Crippen molar-refractivity contribution in [2.45, 2.75) is 0 Å². The molecule has 0 N–H and O–H groups in total. The van der Waals surface area contributed by atoms with Gasteiger partial charge in [0.05, 0.1) is 5.69 Å². The number of anilines is 3. The average molecular weight is 612 g/mol. The van der Waals surface area contributed by atoms with Crippen LogP contribution in [0.1, 0.15) is 0 Å². The predicted octanol–water partition coefficient (Wildman–Crippen LogP) is 13.3. The maximum Gasteiger partial charge on any atom is 0.159 e. The van der Waals surface area contributed by atoms with E-state index < -0.39 is 0 Å². The standard InChI is InChI=1S/C46H29NO/c1-3-10-38-31(8-1)16-18-33-20-21-35(28-42(33)38)30-22-25-36(26-23-30)47(44-14-7-13-41-40-12-5-6-15-45(40)48-46(41)44)37-27-24-34-19-17-32-9-2-4-11-39(32)43(34)29-37/h1-29H. The van der Waals surface area contributed by atoms with Gasteiger partial charge in [0.25, 0.3) is 0 Å². The maximum absolute atomic E-state index is 6.59. The van der Waals surface area contributed by atoms with Crippen molar-refractivity contribution in [3.63, 3.8) is 0 Å². The van der Waals surface area contributed by atoms with Crippen molar-refractivity contribution in [1.82, 2.24) is 0 Å². The predicted molar refractivity (Wildman–Crippen MR) is 204 cm³/mol. The summed E-state index contributed by atoms with van der Waals surface area (Å²) in [5.74, 6) is 0. The fraction of sp³-hybridized carbons (Fsp3) is 0. The Labute approximate surface area is 277 Å². The molecule has 0 aliphatic rings. The van der Waals surface area contributed by atoms with Crippen molar-refractivity contribution in [2.24, 2.45) is 0 Å². The third-order valence-corrected chi connectivity index (χ3v) is 9.82. The van der Waals surface area contributed by atoms with Gasteiger partial charge in [0, 0.05) is 22.1 Å². The molecule has 0 atom stereocenters. The molecule has 224 valence electrons. The summed E-state index contributed by atoms with van der Waals surface area (Å²) in [4.78, 5) is 2.34. The third-order valence-electron chi connectivity index (χ3n) is 9.82. The molecule has 2 heteroatoms. The molecule has 0 aliphatic heterocycles. The largest absolute Gasteiger partial charge is 0.454 e. The first-order valence-electron chi connectivity index (χ1n) is 16.4. The number of fused-ring (bicyclic) bond motifs is 9. The molecule has 0 bridgehead atoms. The Morgan fingerprint density at radius 1 is 0.333 bits per heavy atom. The average Bonchev–Trinajstić information content (AvgIpc) is 3.54. The lowest BCUT2D eigenvalue weighted by Gasteiger charge is -2.26. The number of hydrogen-bond acceptors (Lipinski definition) is 2. The lowest BCUT2D eigenvalue weighted by molar-refractivity contribution is 0.669. The fourth-order valence-corrected chi connectivity index (χ4v) is 7.45. The Kier molecular flexibility index (Phi) is 5.91. The lowest BCUT2D eigenvalue weighted by Crippen LogP contribution is -2.10. The molecule has 0 radical (unpaired) electrons. The summed E-state index contributed by atoms with van der Waals surface area (Å²) < 4.78 is 6.59. The second-order valence-electron chi connectivity index (χ2n) is 12.5. The van der Waals surface area contributed by atoms with E-state index in [0.29, 0.717) is 0 Å². The van der Waals surface area contributed by atoms with E-state index in [1.807, 2.05) is 12.1 Å². The Balaban J connectivity index is 1.16. The zero-order valence-electron chi connectivity index (χ0n) is 26.1. The van der Waals surface area contributed by atoms with E-state index in [-0.39, 0.29) is 0 Å². The highest BCUT2D eigenvalue weighted by Crippen LogP contribution is 2.43. The molecule has 10 rings (SSSR count). The number of benzene rings is 9. The summed E-state index contributed by atoms with van der Waals surface area (Å²) in [6, 6.07) is 63.4. The zero-order valence-corrected chi connectivity index (χ0v) is 26.1. The Hall–Kier alpha value is -6.38. The van der Waals surface area contributed by atoms with Gasteiger partial charge < -0.3 is 9.32 Å². The molecule has 10 aromatic rings. The van der Waals surface area contributed by atoms with Crippen molar-refractivity contribution in [2.75, 3.05) is 4.90 Å². The second-order valence-corrected chi connectivity index (χ2v) is 12.5. The molecular formula is C46H29NO. The van der Waals surface area contributed by atoms with Crippen molar-refractivity contribution in [3.05, 3.63) is 176 Å². The molecule has 48 heavy (non-hydrogen) atoms. The van der Waals surface area contributed by atoms with Crippen LogP contribution in [0.3, 0.4) is 0 Å². The van der Waals surface area contributed by atoms with Gasteiger partial charge in [-0.05, 0) is 96.7 Å². The number of rotatable bonds is 4. The summed E-state index contributed by atoms with van der Waals surface area (Å²) in [7, 11) is 0. The minimum Gasteiger partial charge on any atom is -0.454 e. The molecule has 9 aromatic carbocycles. The molecule has 0 saturated carbocycles. The van der Waals surface area contributed by atoms with E-state index in [1.54, 1.807) is 0 Å². The summed E-state index contributed by atoms with van der Waals surface area (Å²) in [6.07, 6.45) is 0. The van der Waals surface area contributed by atoms with Crippen LogP contribution in [-0.2, 0) is 0 Å². The SMILES string of the molecule is c1ccc2c(c1)ccc1ccc(-c3ccc(N(c4ccc5ccc6ccccc6c5c4)c4cccc5c4oc4ccccc45)cc3)cc12.